The van der Waals surface area contributed by atoms with E-state index >= 15 is 0 Å². The van der Waals surface area contributed by atoms with Crippen LogP contribution in [0.15, 0.2) is 65.7 Å². The van der Waals surface area contributed by atoms with Gasteiger partial charge in [0, 0.05) is 27.6 Å². The van der Waals surface area contributed by atoms with Crippen LogP contribution in [0.1, 0.15) is 0 Å². The van der Waals surface area contributed by atoms with Crippen LogP contribution in [0.4, 0.5) is 0 Å². The molecule has 0 radical (unpaired) electrons. The summed E-state index contributed by atoms with van der Waals surface area (Å²) >= 11 is 10.3. The van der Waals surface area contributed by atoms with Crippen LogP contribution in [0.5, 0.6) is 5.75 Å². The van der Waals surface area contributed by atoms with Gasteiger partial charge in [-0.15, -0.1) is 0 Å². The van der Waals surface area contributed by atoms with Crippen LogP contribution in [0.3, 0.4) is 0 Å². The molecule has 0 aliphatic rings. The maximum absolute atomic E-state index is 10.5. The molecule has 30 heavy (non-hydrogen) atoms. The van der Waals surface area contributed by atoms with Crippen molar-refractivity contribution in [1.82, 2.24) is 19.5 Å². The van der Waals surface area contributed by atoms with Crippen LogP contribution in [0.2, 0.25) is 5.02 Å². The number of para-hydroxylation sites is 1. The van der Waals surface area contributed by atoms with Crippen LogP contribution < -0.4 is 4.74 Å². The molecule has 0 amide bonds. The first-order valence-electron chi connectivity index (χ1n) is 9.34. The quantitative estimate of drug-likeness (QED) is 0.357. The summed E-state index contributed by atoms with van der Waals surface area (Å²) in [5.74, 6) is 0.569. The minimum absolute atomic E-state index is 0.0914. The van der Waals surface area contributed by atoms with Gasteiger partial charge in [0.15, 0.2) is 5.65 Å². The van der Waals surface area contributed by atoms with Crippen LogP contribution in [-0.4, -0.2) is 37.3 Å². The van der Waals surface area contributed by atoms with Crippen molar-refractivity contribution in [3.63, 3.8) is 0 Å². The summed E-state index contributed by atoms with van der Waals surface area (Å²) in [6.07, 6.45) is 4.41. The Morgan fingerprint density at radius 2 is 1.90 bits per heavy atom. The fraction of sp³-hybridized carbons (Fsp3) is 0.136. The van der Waals surface area contributed by atoms with E-state index in [1.54, 1.807) is 23.3 Å². The number of hydrogen-bond acceptors (Lipinski definition) is 5. The highest BCUT2D eigenvalue weighted by Gasteiger charge is 2.18. The molecule has 0 fully saturated rings. The number of halogens is 2. The Labute approximate surface area is 185 Å². The molecule has 1 atom stereocenters. The first-order chi connectivity index (χ1) is 14.6. The van der Waals surface area contributed by atoms with Gasteiger partial charge in [0.2, 0.25) is 0 Å². The number of aliphatic hydroxyl groups is 1. The third-order valence-electron chi connectivity index (χ3n) is 4.87. The zero-order valence-corrected chi connectivity index (χ0v) is 18.0. The minimum atomic E-state index is -0.720. The van der Waals surface area contributed by atoms with Gasteiger partial charge in [0.05, 0.1) is 34.3 Å². The average molecular weight is 484 g/mol. The summed E-state index contributed by atoms with van der Waals surface area (Å²) in [5.41, 5.74) is 2.02. The summed E-state index contributed by atoms with van der Waals surface area (Å²) in [7, 11) is 0. The molecule has 1 unspecified atom stereocenters. The van der Waals surface area contributed by atoms with E-state index < -0.39 is 6.10 Å². The van der Waals surface area contributed by atoms with Crippen LogP contribution in [-0.2, 0) is 6.54 Å². The smallest absolute Gasteiger partial charge is 0.165 e. The number of hydrogen-bond donors (Lipinski definition) is 1. The van der Waals surface area contributed by atoms with Gasteiger partial charge in [-0.3, -0.25) is 0 Å². The van der Waals surface area contributed by atoms with Gasteiger partial charge in [0.1, 0.15) is 18.5 Å². The average Bonchev–Trinajstić information content (AvgIpc) is 3.25. The van der Waals surface area contributed by atoms with Crippen molar-refractivity contribution >= 4 is 60.4 Å². The lowest BCUT2D eigenvalue weighted by Crippen LogP contribution is -2.23. The third-order valence-corrected chi connectivity index (χ3v) is 5.75. The fourth-order valence-electron chi connectivity index (χ4n) is 3.50. The molecule has 5 aromatic rings. The number of aromatic nitrogens is 4. The molecule has 8 heteroatoms. The molecule has 6 nitrogen and oxygen atoms in total. The molecule has 0 aliphatic heterocycles. The molecule has 5 rings (SSSR count). The van der Waals surface area contributed by atoms with E-state index in [-0.39, 0.29) is 6.61 Å². The number of ether oxygens (including phenoxy) is 1. The highest BCUT2D eigenvalue weighted by atomic mass is 79.9. The van der Waals surface area contributed by atoms with Gasteiger partial charge in [0.25, 0.3) is 0 Å². The highest BCUT2D eigenvalue weighted by molar-refractivity contribution is 9.10. The molecule has 150 valence electrons. The number of rotatable bonds is 5. The van der Waals surface area contributed by atoms with E-state index in [0.29, 0.717) is 28.4 Å². The Bertz CT molecular complexity index is 1370. The summed E-state index contributed by atoms with van der Waals surface area (Å²) in [4.78, 5) is 13.4. The SMILES string of the molecule is OC(COc1c2ccccc2nc2nc3ccc(Br)cc3c(Cl)c12)Cn1ccnc1. The Balaban J connectivity index is 1.65. The second kappa shape index (κ2) is 7.83. The number of pyridine rings is 2. The summed E-state index contributed by atoms with van der Waals surface area (Å²) in [6.45, 7) is 0.469. The van der Waals surface area contributed by atoms with Crippen LogP contribution in [0, 0.1) is 0 Å². The van der Waals surface area contributed by atoms with Gasteiger partial charge in [-0.25, -0.2) is 15.0 Å². The Morgan fingerprint density at radius 1 is 1.10 bits per heavy atom. The first-order valence-corrected chi connectivity index (χ1v) is 10.5. The van der Waals surface area contributed by atoms with E-state index in [1.165, 1.54) is 0 Å². The minimum Gasteiger partial charge on any atom is -0.489 e. The van der Waals surface area contributed by atoms with E-state index in [2.05, 4.69) is 20.9 Å². The van der Waals surface area contributed by atoms with E-state index in [9.17, 15) is 5.11 Å². The van der Waals surface area contributed by atoms with Gasteiger partial charge in [-0.05, 0) is 30.3 Å². The van der Waals surface area contributed by atoms with Crippen molar-refractivity contribution < 1.29 is 9.84 Å². The van der Waals surface area contributed by atoms with Crippen LogP contribution >= 0.6 is 27.5 Å². The monoisotopic (exact) mass is 482 g/mol. The zero-order valence-electron chi connectivity index (χ0n) is 15.7. The topological polar surface area (TPSA) is 73.1 Å². The maximum Gasteiger partial charge on any atom is 0.165 e. The number of benzene rings is 2. The van der Waals surface area contributed by atoms with Crippen molar-refractivity contribution in [2.45, 2.75) is 12.6 Å². The number of imidazole rings is 1. The Kier molecular flexibility index (Phi) is 5.02. The predicted octanol–water partition coefficient (Wildman–Crippen LogP) is 4.99. The van der Waals surface area contributed by atoms with Crippen molar-refractivity contribution in [3.05, 3.63) is 70.7 Å². The van der Waals surface area contributed by atoms with Crippen molar-refractivity contribution in [2.24, 2.45) is 0 Å². The number of aliphatic hydroxyl groups excluding tert-OH is 1. The van der Waals surface area contributed by atoms with Gasteiger partial charge in [-0.2, -0.15) is 0 Å². The van der Waals surface area contributed by atoms with Gasteiger partial charge >= 0.3 is 0 Å². The lowest BCUT2D eigenvalue weighted by atomic mass is 10.1. The summed E-state index contributed by atoms with van der Waals surface area (Å²) in [6, 6.07) is 13.4. The molecule has 3 heterocycles. The first kappa shape index (κ1) is 19.2. The van der Waals surface area contributed by atoms with Gasteiger partial charge < -0.3 is 14.4 Å². The molecule has 2 aromatic carbocycles. The molecular formula is C22H16BrClN4O2. The predicted molar refractivity (Wildman–Crippen MR) is 121 cm³/mol. The van der Waals surface area contributed by atoms with E-state index in [4.69, 9.17) is 26.3 Å². The van der Waals surface area contributed by atoms with Crippen LogP contribution in [0.25, 0.3) is 32.8 Å². The van der Waals surface area contributed by atoms with Crippen molar-refractivity contribution in [1.29, 1.82) is 0 Å². The lowest BCUT2D eigenvalue weighted by molar-refractivity contribution is 0.0939. The molecule has 3 aromatic heterocycles. The Morgan fingerprint density at radius 3 is 2.70 bits per heavy atom. The third kappa shape index (κ3) is 3.49. The maximum atomic E-state index is 10.5. The van der Waals surface area contributed by atoms with Crippen molar-refractivity contribution in [3.8, 4) is 5.75 Å². The second-order valence-electron chi connectivity index (χ2n) is 6.97. The summed E-state index contributed by atoms with van der Waals surface area (Å²) < 4.78 is 8.85. The lowest BCUT2D eigenvalue weighted by Gasteiger charge is -2.17. The fourth-order valence-corrected chi connectivity index (χ4v) is 4.18. The van der Waals surface area contributed by atoms with Crippen molar-refractivity contribution in [2.75, 3.05) is 6.61 Å². The number of nitrogens with zero attached hydrogens (tertiary/aromatic N) is 4. The molecule has 0 spiro atoms. The molecule has 0 saturated carbocycles. The second-order valence-corrected chi connectivity index (χ2v) is 8.26. The van der Waals surface area contributed by atoms with E-state index in [1.807, 2.05) is 42.5 Å². The molecular weight excluding hydrogens is 468 g/mol. The normalized spacial score (nSPS) is 12.6. The van der Waals surface area contributed by atoms with E-state index in [0.717, 1.165) is 26.3 Å². The standard InChI is InChI=1S/C22H16BrClN4O2/c23-13-5-6-18-16(9-13)20(24)19-21(30-11-14(29)10-28-8-7-25-12-28)15-3-1-2-4-17(15)26-22(19)27-18/h1-9,12,14,29H,10-11H2. The Hall–Kier alpha value is -2.74. The number of fused-ring (bicyclic) bond motifs is 3. The summed E-state index contributed by atoms with van der Waals surface area (Å²) in [5, 5.41) is 13.2. The molecule has 0 saturated heterocycles. The molecule has 1 N–H and O–H groups in total. The zero-order chi connectivity index (χ0) is 20.7. The largest absolute Gasteiger partial charge is 0.489 e. The highest BCUT2D eigenvalue weighted by Crippen LogP contribution is 2.40. The molecule has 0 aliphatic carbocycles. The molecule has 0 bridgehead atoms. The van der Waals surface area contributed by atoms with Gasteiger partial charge in [-0.1, -0.05) is 39.7 Å².